The first-order chi connectivity index (χ1) is 16.2. The molecule has 0 spiro atoms. The summed E-state index contributed by atoms with van der Waals surface area (Å²) in [6.07, 6.45) is 0.434. The summed E-state index contributed by atoms with van der Waals surface area (Å²) in [5, 5.41) is 13.9. The van der Waals surface area contributed by atoms with Gasteiger partial charge < -0.3 is 20.5 Å². The van der Waals surface area contributed by atoms with E-state index < -0.39 is 47.8 Å². The largest absolute Gasteiger partial charge is 0.481 e. The van der Waals surface area contributed by atoms with Crippen molar-refractivity contribution in [2.45, 2.75) is 36.6 Å². The van der Waals surface area contributed by atoms with E-state index in [1.165, 1.54) is 0 Å². The van der Waals surface area contributed by atoms with Crippen molar-refractivity contribution in [2.24, 2.45) is 11.8 Å². The summed E-state index contributed by atoms with van der Waals surface area (Å²) in [7, 11) is 0. The van der Waals surface area contributed by atoms with Gasteiger partial charge in [-0.15, -0.1) is 0 Å². The zero-order chi connectivity index (χ0) is 24.1. The van der Waals surface area contributed by atoms with E-state index in [9.17, 15) is 23.2 Å². The molecule has 3 aliphatic carbocycles. The zero-order valence-electron chi connectivity index (χ0n) is 18.2. The molecule has 2 fully saturated rings. The number of hydrogen-bond donors (Lipinski definition) is 3. The van der Waals surface area contributed by atoms with Crippen LogP contribution in [0.3, 0.4) is 0 Å². The van der Waals surface area contributed by atoms with Crippen LogP contribution in [0.15, 0.2) is 48.5 Å². The average molecular weight is 470 g/mol. The normalized spacial score (nSPS) is 22.8. The van der Waals surface area contributed by atoms with Crippen molar-refractivity contribution in [2.75, 3.05) is 13.2 Å². The number of ether oxygens (including phenoxy) is 1. The third kappa shape index (κ3) is 3.99. The molecule has 5 rings (SSSR count). The number of alkyl halides is 2. The number of benzene rings is 2. The topological polar surface area (TPSA) is 105 Å². The van der Waals surface area contributed by atoms with Gasteiger partial charge in [0.25, 0.3) is 5.92 Å². The second-order valence-electron chi connectivity index (χ2n) is 9.31. The van der Waals surface area contributed by atoms with Gasteiger partial charge in [0.2, 0.25) is 5.91 Å². The summed E-state index contributed by atoms with van der Waals surface area (Å²) in [5.41, 5.74) is 3.66. The highest BCUT2D eigenvalue weighted by Gasteiger charge is 2.72. The third-order valence-electron chi connectivity index (χ3n) is 7.05. The van der Waals surface area contributed by atoms with Crippen molar-refractivity contribution < 1.29 is 33.0 Å². The minimum absolute atomic E-state index is 0.0762. The van der Waals surface area contributed by atoms with Crippen LogP contribution in [-0.4, -0.2) is 47.7 Å². The van der Waals surface area contributed by atoms with E-state index in [0.29, 0.717) is 12.8 Å². The van der Waals surface area contributed by atoms with E-state index in [4.69, 9.17) is 9.84 Å². The Labute approximate surface area is 194 Å². The van der Waals surface area contributed by atoms with Crippen molar-refractivity contribution in [1.29, 1.82) is 0 Å². The number of hydrogen-bond acceptors (Lipinski definition) is 4. The van der Waals surface area contributed by atoms with Gasteiger partial charge in [0.15, 0.2) is 0 Å². The van der Waals surface area contributed by atoms with Crippen LogP contribution in [0, 0.1) is 11.8 Å². The lowest BCUT2D eigenvalue weighted by Gasteiger charge is -2.19. The van der Waals surface area contributed by atoms with Crippen LogP contribution in [0.4, 0.5) is 13.6 Å². The minimum atomic E-state index is -3.31. The number of halogens is 2. The van der Waals surface area contributed by atoms with Crippen LogP contribution >= 0.6 is 0 Å². The fourth-order valence-electron chi connectivity index (χ4n) is 4.92. The van der Waals surface area contributed by atoms with Crippen LogP contribution in [0.25, 0.3) is 11.1 Å². The van der Waals surface area contributed by atoms with E-state index in [2.05, 4.69) is 10.6 Å². The summed E-state index contributed by atoms with van der Waals surface area (Å²) in [6, 6.07) is 16.0. The number of aliphatic carboxylic acids is 1. The number of fused-ring (bicyclic) bond motifs is 3. The van der Waals surface area contributed by atoms with Gasteiger partial charge in [0, 0.05) is 18.9 Å². The Morgan fingerprint density at radius 3 is 2.12 bits per heavy atom. The Balaban J connectivity index is 1.13. The molecular formula is C25H24F2N2O5. The number of amides is 2. The first-order valence-corrected chi connectivity index (χ1v) is 11.2. The summed E-state index contributed by atoms with van der Waals surface area (Å²) >= 11 is 0. The lowest BCUT2D eigenvalue weighted by atomic mass is 9.98. The lowest BCUT2D eigenvalue weighted by Crippen LogP contribution is -2.42. The molecule has 2 amide bonds. The predicted octanol–water partition coefficient (Wildman–Crippen LogP) is 3.53. The maximum Gasteiger partial charge on any atom is 0.407 e. The monoisotopic (exact) mass is 470 g/mol. The molecular weight excluding hydrogens is 446 g/mol. The molecule has 7 nitrogen and oxygen atoms in total. The fraction of sp³-hybridized carbons (Fsp3) is 0.400. The highest BCUT2D eigenvalue weighted by atomic mass is 19.3. The summed E-state index contributed by atoms with van der Waals surface area (Å²) in [4.78, 5) is 35.6. The molecule has 0 heterocycles. The smallest absolute Gasteiger partial charge is 0.407 e. The second-order valence-corrected chi connectivity index (χ2v) is 9.31. The molecule has 2 saturated carbocycles. The van der Waals surface area contributed by atoms with E-state index >= 15 is 0 Å². The lowest BCUT2D eigenvalue weighted by molar-refractivity contribution is -0.141. The van der Waals surface area contributed by atoms with Gasteiger partial charge in [-0.3, -0.25) is 9.59 Å². The molecule has 9 heteroatoms. The highest BCUT2D eigenvalue weighted by Crippen LogP contribution is 2.55. The van der Waals surface area contributed by atoms with Crippen LogP contribution in [-0.2, 0) is 14.3 Å². The van der Waals surface area contributed by atoms with Gasteiger partial charge in [0.1, 0.15) is 12.5 Å². The molecule has 0 aliphatic heterocycles. The average Bonchev–Trinajstić information content (AvgIpc) is 3.63. The number of rotatable bonds is 8. The molecule has 0 aromatic heterocycles. The SMILES string of the molecule is O=C(CC1(NC(=O)OCC2c3ccccc3-c3ccccc32)CC1)NCC1C(C(=O)O)C1(F)F. The molecule has 0 bridgehead atoms. The van der Waals surface area contributed by atoms with Crippen LogP contribution < -0.4 is 10.6 Å². The molecule has 34 heavy (non-hydrogen) atoms. The number of carboxylic acid groups (broad SMARTS) is 1. The summed E-state index contributed by atoms with van der Waals surface area (Å²) in [5.74, 6) is -8.64. The molecule has 3 N–H and O–H groups in total. The number of carbonyl (C=O) groups excluding carboxylic acids is 2. The molecule has 0 saturated heterocycles. The highest BCUT2D eigenvalue weighted by molar-refractivity contribution is 5.81. The Kier molecular flexibility index (Phi) is 5.30. The Bertz CT molecular complexity index is 1120. The van der Waals surface area contributed by atoms with Crippen molar-refractivity contribution in [3.05, 3.63) is 59.7 Å². The summed E-state index contributed by atoms with van der Waals surface area (Å²) in [6.45, 7) is -0.265. The molecule has 0 radical (unpaired) electrons. The van der Waals surface area contributed by atoms with E-state index in [0.717, 1.165) is 22.3 Å². The fourth-order valence-corrected chi connectivity index (χ4v) is 4.92. The molecule has 2 aromatic rings. The first kappa shape index (κ1) is 22.3. The van der Waals surface area contributed by atoms with Gasteiger partial charge in [-0.2, -0.15) is 0 Å². The van der Waals surface area contributed by atoms with Gasteiger partial charge in [-0.25, -0.2) is 13.6 Å². The number of carbonyl (C=O) groups is 3. The Morgan fingerprint density at radius 1 is 1.00 bits per heavy atom. The minimum Gasteiger partial charge on any atom is -0.481 e. The number of alkyl carbamates (subject to hydrolysis) is 1. The number of carboxylic acids is 1. The molecule has 2 atom stereocenters. The van der Waals surface area contributed by atoms with E-state index in [1.807, 2.05) is 48.5 Å². The van der Waals surface area contributed by atoms with E-state index in [1.54, 1.807) is 0 Å². The quantitative estimate of drug-likeness (QED) is 0.548. The number of nitrogens with one attached hydrogen (secondary N) is 2. The van der Waals surface area contributed by atoms with Crippen LogP contribution in [0.1, 0.15) is 36.3 Å². The zero-order valence-corrected chi connectivity index (χ0v) is 18.2. The molecule has 3 aliphatic rings. The molecule has 2 unspecified atom stereocenters. The third-order valence-corrected chi connectivity index (χ3v) is 7.05. The maximum atomic E-state index is 13.5. The van der Waals surface area contributed by atoms with Crippen molar-refractivity contribution >= 4 is 18.0 Å². The maximum absolute atomic E-state index is 13.5. The first-order valence-electron chi connectivity index (χ1n) is 11.2. The Hall–Kier alpha value is -3.49. The Morgan fingerprint density at radius 2 is 1.59 bits per heavy atom. The van der Waals surface area contributed by atoms with Crippen LogP contribution in [0.2, 0.25) is 0 Å². The summed E-state index contributed by atoms with van der Waals surface area (Å²) < 4.78 is 32.5. The second kappa shape index (κ2) is 8.07. The van der Waals surface area contributed by atoms with Gasteiger partial charge in [-0.05, 0) is 35.1 Å². The molecule has 2 aromatic carbocycles. The van der Waals surface area contributed by atoms with Gasteiger partial charge in [0.05, 0.1) is 11.5 Å². The molecule has 178 valence electrons. The standard InChI is InChI=1S/C25H24F2N2O5/c26-25(27)19(21(25)22(31)32)12-28-20(30)11-24(9-10-24)29-23(33)34-13-18-16-7-3-1-5-14(16)15-6-2-4-8-17(15)18/h1-8,18-19,21H,9-13H2,(H,28,30)(H,29,33)(H,31,32). The predicted molar refractivity (Wildman–Crippen MR) is 117 cm³/mol. The van der Waals surface area contributed by atoms with Gasteiger partial charge in [-0.1, -0.05) is 48.5 Å². The van der Waals surface area contributed by atoms with Crippen molar-refractivity contribution in [3.8, 4) is 11.1 Å². The van der Waals surface area contributed by atoms with E-state index in [-0.39, 0.29) is 18.9 Å². The van der Waals surface area contributed by atoms with Gasteiger partial charge >= 0.3 is 12.1 Å². The van der Waals surface area contributed by atoms with Crippen molar-refractivity contribution in [1.82, 2.24) is 10.6 Å². The van der Waals surface area contributed by atoms with Crippen LogP contribution in [0.5, 0.6) is 0 Å². The van der Waals surface area contributed by atoms with Crippen molar-refractivity contribution in [3.63, 3.8) is 0 Å².